The average molecular weight is 433 g/mol. The fraction of sp³-hybridized carbons (Fsp3) is 0.381. The van der Waals surface area contributed by atoms with E-state index in [9.17, 15) is 0 Å². The molecule has 0 amide bonds. The molecule has 0 heterocycles. The SMILES string of the molecule is CC(C)C[C@@H](/C=N/N(c1ccccc1)c1ccccc1)O[Si](C)(C)CBr. The summed E-state index contributed by atoms with van der Waals surface area (Å²) in [6.07, 6.45) is 2.95. The minimum absolute atomic E-state index is 0.0177. The largest absolute Gasteiger partial charge is 0.409 e. The van der Waals surface area contributed by atoms with E-state index < -0.39 is 8.32 Å². The second kappa shape index (κ2) is 10.0. The fourth-order valence-electron chi connectivity index (χ4n) is 2.61. The van der Waals surface area contributed by atoms with Gasteiger partial charge in [0.15, 0.2) is 8.32 Å². The van der Waals surface area contributed by atoms with Crippen molar-refractivity contribution in [3.8, 4) is 0 Å². The Morgan fingerprint density at radius 1 is 1.00 bits per heavy atom. The first-order valence-corrected chi connectivity index (χ1v) is 13.3. The van der Waals surface area contributed by atoms with Crippen molar-refractivity contribution in [3.05, 3.63) is 60.7 Å². The van der Waals surface area contributed by atoms with Crippen LogP contribution in [0.2, 0.25) is 13.1 Å². The van der Waals surface area contributed by atoms with Gasteiger partial charge in [-0.05, 0) is 49.7 Å². The summed E-state index contributed by atoms with van der Waals surface area (Å²) in [6.45, 7) is 8.91. The molecular weight excluding hydrogens is 404 g/mol. The molecule has 0 N–H and O–H groups in total. The molecule has 0 saturated carbocycles. The van der Waals surface area contributed by atoms with Crippen molar-refractivity contribution in [1.29, 1.82) is 0 Å². The van der Waals surface area contributed by atoms with Crippen LogP contribution in [0.1, 0.15) is 20.3 Å². The topological polar surface area (TPSA) is 24.8 Å². The van der Waals surface area contributed by atoms with Gasteiger partial charge in [-0.2, -0.15) is 5.10 Å². The molecule has 0 aliphatic carbocycles. The van der Waals surface area contributed by atoms with Gasteiger partial charge in [0.25, 0.3) is 0 Å². The van der Waals surface area contributed by atoms with Crippen molar-refractivity contribution < 1.29 is 4.43 Å². The molecule has 0 unspecified atom stereocenters. The van der Waals surface area contributed by atoms with Crippen LogP contribution >= 0.6 is 15.9 Å². The van der Waals surface area contributed by atoms with Gasteiger partial charge in [0.05, 0.1) is 23.7 Å². The third kappa shape index (κ3) is 6.70. The Morgan fingerprint density at radius 2 is 1.50 bits per heavy atom. The molecule has 2 aromatic rings. The molecule has 3 nitrogen and oxygen atoms in total. The van der Waals surface area contributed by atoms with E-state index in [1.54, 1.807) is 0 Å². The molecule has 0 bridgehead atoms. The summed E-state index contributed by atoms with van der Waals surface area (Å²) in [5.74, 6) is 0.550. The molecule has 5 heteroatoms. The lowest BCUT2D eigenvalue weighted by Crippen LogP contribution is -2.39. The molecule has 0 saturated heterocycles. The van der Waals surface area contributed by atoms with Gasteiger partial charge in [-0.15, -0.1) is 0 Å². The Kier molecular flexibility index (Phi) is 8.06. The zero-order chi connectivity index (χ0) is 19.0. The van der Waals surface area contributed by atoms with Crippen molar-refractivity contribution in [2.75, 3.05) is 9.96 Å². The molecule has 0 aliphatic heterocycles. The van der Waals surface area contributed by atoms with Crippen LogP contribution in [-0.2, 0) is 4.43 Å². The summed E-state index contributed by atoms with van der Waals surface area (Å²) in [5.41, 5.74) is 2.07. The fourth-order valence-corrected chi connectivity index (χ4v) is 4.04. The molecule has 2 rings (SSSR count). The average Bonchev–Trinajstić information content (AvgIpc) is 2.63. The van der Waals surface area contributed by atoms with Crippen molar-refractivity contribution in [2.45, 2.75) is 39.5 Å². The monoisotopic (exact) mass is 432 g/mol. The minimum atomic E-state index is -1.73. The van der Waals surface area contributed by atoms with Crippen LogP contribution in [0, 0.1) is 5.92 Å². The normalized spacial score (nSPS) is 13.3. The Bertz CT molecular complexity index is 637. The molecule has 0 aliphatic rings. The number of hydrogen-bond acceptors (Lipinski definition) is 3. The van der Waals surface area contributed by atoms with E-state index >= 15 is 0 Å². The minimum Gasteiger partial charge on any atom is -0.409 e. The third-order valence-corrected chi connectivity index (χ3v) is 9.48. The lowest BCUT2D eigenvalue weighted by atomic mass is 10.1. The van der Waals surface area contributed by atoms with Crippen LogP contribution in [0.5, 0.6) is 0 Å². The van der Waals surface area contributed by atoms with Crippen LogP contribution in [0.25, 0.3) is 0 Å². The van der Waals surface area contributed by atoms with E-state index in [0.717, 1.165) is 22.7 Å². The van der Waals surface area contributed by atoms with Gasteiger partial charge in [0, 0.05) is 4.95 Å². The molecule has 140 valence electrons. The van der Waals surface area contributed by atoms with Crippen LogP contribution in [0.15, 0.2) is 65.8 Å². The molecule has 0 radical (unpaired) electrons. The van der Waals surface area contributed by atoms with Gasteiger partial charge in [0.2, 0.25) is 0 Å². The summed E-state index contributed by atoms with van der Waals surface area (Å²) in [5, 5.41) is 6.80. The number of benzene rings is 2. The zero-order valence-electron chi connectivity index (χ0n) is 16.1. The number of hydrazone groups is 1. The van der Waals surface area contributed by atoms with E-state index in [2.05, 4.69) is 67.1 Å². The lowest BCUT2D eigenvalue weighted by molar-refractivity contribution is 0.234. The molecule has 2 aromatic carbocycles. The van der Waals surface area contributed by atoms with Crippen LogP contribution in [0.4, 0.5) is 11.4 Å². The van der Waals surface area contributed by atoms with E-state index in [0.29, 0.717) is 5.92 Å². The Hall–Kier alpha value is -1.43. The highest BCUT2D eigenvalue weighted by molar-refractivity contribution is 9.09. The molecule has 1 atom stereocenters. The van der Waals surface area contributed by atoms with E-state index in [4.69, 9.17) is 9.53 Å². The molecule has 0 spiro atoms. The van der Waals surface area contributed by atoms with E-state index in [-0.39, 0.29) is 6.10 Å². The summed E-state index contributed by atoms with van der Waals surface area (Å²) in [6, 6.07) is 20.4. The standard InChI is InChI=1S/C21H29BrN2OSi/c1-18(2)15-21(25-26(3,4)17-22)16-23-24(19-11-7-5-8-12-19)20-13-9-6-10-14-20/h5-14,16,18,21H,15,17H2,1-4H3/b23-16+/t21-/m0/s1. The number of rotatable bonds is 9. The number of para-hydroxylation sites is 2. The first-order chi connectivity index (χ1) is 12.4. The first-order valence-electron chi connectivity index (χ1n) is 9.09. The van der Waals surface area contributed by atoms with Crippen molar-refractivity contribution in [3.63, 3.8) is 0 Å². The molecular formula is C21H29BrN2OSi. The van der Waals surface area contributed by atoms with Gasteiger partial charge >= 0.3 is 0 Å². The molecule has 0 aromatic heterocycles. The highest BCUT2D eigenvalue weighted by Crippen LogP contribution is 2.25. The maximum atomic E-state index is 6.44. The zero-order valence-corrected chi connectivity index (χ0v) is 18.7. The maximum absolute atomic E-state index is 6.44. The third-order valence-electron chi connectivity index (χ3n) is 3.85. The predicted molar refractivity (Wildman–Crippen MR) is 119 cm³/mol. The van der Waals surface area contributed by atoms with Gasteiger partial charge in [-0.3, -0.25) is 0 Å². The summed E-state index contributed by atoms with van der Waals surface area (Å²) < 4.78 is 6.44. The second-order valence-corrected chi connectivity index (χ2v) is 13.1. The highest BCUT2D eigenvalue weighted by Gasteiger charge is 2.25. The van der Waals surface area contributed by atoms with Gasteiger partial charge in [0.1, 0.15) is 0 Å². The maximum Gasteiger partial charge on any atom is 0.198 e. The summed E-state index contributed by atoms with van der Waals surface area (Å²) in [4.78, 5) is 0.920. The Morgan fingerprint density at radius 3 is 1.92 bits per heavy atom. The van der Waals surface area contributed by atoms with Crippen molar-refractivity contribution in [1.82, 2.24) is 0 Å². The van der Waals surface area contributed by atoms with Gasteiger partial charge in [-0.1, -0.05) is 66.2 Å². The van der Waals surface area contributed by atoms with Crippen molar-refractivity contribution >= 4 is 41.8 Å². The van der Waals surface area contributed by atoms with Gasteiger partial charge in [-0.25, -0.2) is 5.01 Å². The Balaban J connectivity index is 2.29. The Labute approximate surface area is 167 Å². The smallest absolute Gasteiger partial charge is 0.198 e. The van der Waals surface area contributed by atoms with Crippen LogP contribution in [0.3, 0.4) is 0 Å². The molecule has 26 heavy (non-hydrogen) atoms. The van der Waals surface area contributed by atoms with Crippen molar-refractivity contribution in [2.24, 2.45) is 11.0 Å². The van der Waals surface area contributed by atoms with E-state index in [1.165, 1.54) is 0 Å². The summed E-state index contributed by atoms with van der Waals surface area (Å²) in [7, 11) is -1.73. The number of nitrogens with zero attached hydrogens (tertiary/aromatic N) is 2. The highest BCUT2D eigenvalue weighted by atomic mass is 79.9. The summed E-state index contributed by atoms with van der Waals surface area (Å²) >= 11 is 3.60. The number of anilines is 2. The number of halogens is 1. The lowest BCUT2D eigenvalue weighted by Gasteiger charge is -2.27. The van der Waals surface area contributed by atoms with E-state index in [1.807, 2.05) is 47.6 Å². The quantitative estimate of drug-likeness (QED) is 0.198. The second-order valence-electron chi connectivity index (χ2n) is 7.43. The van der Waals surface area contributed by atoms with Crippen LogP contribution < -0.4 is 5.01 Å². The number of hydrogen-bond donors (Lipinski definition) is 0. The predicted octanol–water partition coefficient (Wildman–Crippen LogP) is 6.38. The van der Waals surface area contributed by atoms with Crippen LogP contribution in [-0.4, -0.2) is 25.6 Å². The molecule has 0 fully saturated rings. The van der Waals surface area contributed by atoms with Gasteiger partial charge < -0.3 is 4.43 Å². The number of alkyl halides is 1. The first kappa shape index (κ1) is 20.9.